The second-order valence-electron chi connectivity index (χ2n) is 5.69. The molecule has 3 rings (SSSR count). The maximum absolute atomic E-state index is 13.9. The first-order valence-corrected chi connectivity index (χ1v) is 7.57. The predicted molar refractivity (Wildman–Crippen MR) is 85.2 cm³/mol. The van der Waals surface area contributed by atoms with Crippen molar-refractivity contribution in [2.75, 3.05) is 12.0 Å². The van der Waals surface area contributed by atoms with E-state index in [1.807, 2.05) is 0 Å². The summed E-state index contributed by atoms with van der Waals surface area (Å²) >= 11 is 6.07. The Balaban J connectivity index is 1.95. The SMILES string of the molecule is Cn1c2c(c(=O)n(C)c1=O)C[NH+](Cc1c(F)cccc1Cl)CN2. The van der Waals surface area contributed by atoms with E-state index in [0.29, 0.717) is 41.7 Å². The van der Waals surface area contributed by atoms with E-state index in [1.54, 1.807) is 19.2 Å². The Hall–Kier alpha value is -2.12. The Kier molecular flexibility index (Phi) is 3.99. The van der Waals surface area contributed by atoms with Crippen LogP contribution in [0.1, 0.15) is 11.1 Å². The first-order chi connectivity index (χ1) is 10.9. The molecule has 0 spiro atoms. The highest BCUT2D eigenvalue weighted by Gasteiger charge is 2.26. The van der Waals surface area contributed by atoms with Gasteiger partial charge >= 0.3 is 5.69 Å². The predicted octanol–water partition coefficient (Wildman–Crippen LogP) is -0.155. The van der Waals surface area contributed by atoms with Crippen molar-refractivity contribution in [3.05, 3.63) is 61.0 Å². The Bertz CT molecular complexity index is 870. The lowest BCUT2D eigenvalue weighted by molar-refractivity contribution is -0.926. The smallest absolute Gasteiger partial charge is 0.324 e. The molecular weight excluding hydrogens is 323 g/mol. The van der Waals surface area contributed by atoms with Gasteiger partial charge < -0.3 is 10.2 Å². The van der Waals surface area contributed by atoms with Crippen LogP contribution in [0, 0.1) is 5.82 Å². The van der Waals surface area contributed by atoms with Crippen LogP contribution in [0.3, 0.4) is 0 Å². The average molecular weight is 340 g/mol. The molecule has 0 radical (unpaired) electrons. The number of rotatable bonds is 2. The molecule has 1 unspecified atom stereocenters. The number of hydrogen-bond donors (Lipinski definition) is 2. The zero-order chi connectivity index (χ0) is 16.7. The number of aromatic nitrogens is 2. The van der Waals surface area contributed by atoms with Crippen LogP contribution in [-0.2, 0) is 27.2 Å². The van der Waals surface area contributed by atoms with Crippen molar-refractivity contribution in [2.45, 2.75) is 13.1 Å². The zero-order valence-electron chi connectivity index (χ0n) is 12.8. The van der Waals surface area contributed by atoms with Crippen LogP contribution >= 0.6 is 11.6 Å². The molecule has 2 aromatic rings. The largest absolute Gasteiger partial charge is 0.332 e. The highest BCUT2D eigenvalue weighted by Crippen LogP contribution is 2.18. The van der Waals surface area contributed by atoms with E-state index in [1.165, 1.54) is 17.7 Å². The second kappa shape index (κ2) is 5.82. The van der Waals surface area contributed by atoms with Gasteiger partial charge in [-0.2, -0.15) is 0 Å². The van der Waals surface area contributed by atoms with Crippen molar-refractivity contribution in [2.24, 2.45) is 14.1 Å². The molecule has 23 heavy (non-hydrogen) atoms. The lowest BCUT2D eigenvalue weighted by Crippen LogP contribution is -3.11. The van der Waals surface area contributed by atoms with E-state index in [0.717, 1.165) is 9.47 Å². The maximum atomic E-state index is 13.9. The Morgan fingerprint density at radius 1 is 1.30 bits per heavy atom. The minimum Gasteiger partial charge on any atom is -0.324 e. The van der Waals surface area contributed by atoms with Crippen molar-refractivity contribution in [3.63, 3.8) is 0 Å². The molecule has 0 fully saturated rings. The van der Waals surface area contributed by atoms with Gasteiger partial charge in [-0.1, -0.05) is 17.7 Å². The normalized spacial score (nSPS) is 16.8. The molecule has 2 heterocycles. The fourth-order valence-corrected chi connectivity index (χ4v) is 3.13. The summed E-state index contributed by atoms with van der Waals surface area (Å²) < 4.78 is 16.4. The quantitative estimate of drug-likeness (QED) is 0.799. The summed E-state index contributed by atoms with van der Waals surface area (Å²) in [6, 6.07) is 4.58. The minimum atomic E-state index is -0.373. The van der Waals surface area contributed by atoms with Crippen molar-refractivity contribution in [1.82, 2.24) is 9.13 Å². The van der Waals surface area contributed by atoms with Crippen LogP contribution in [0.5, 0.6) is 0 Å². The molecule has 1 atom stereocenters. The van der Waals surface area contributed by atoms with Crippen LogP contribution in [0.2, 0.25) is 5.02 Å². The lowest BCUT2D eigenvalue weighted by Gasteiger charge is -2.28. The van der Waals surface area contributed by atoms with Gasteiger partial charge in [-0.05, 0) is 12.1 Å². The molecule has 0 aliphatic carbocycles. The van der Waals surface area contributed by atoms with Gasteiger partial charge in [-0.3, -0.25) is 13.9 Å². The lowest BCUT2D eigenvalue weighted by atomic mass is 10.1. The molecule has 2 N–H and O–H groups in total. The third-order valence-electron chi connectivity index (χ3n) is 4.18. The van der Waals surface area contributed by atoms with Gasteiger partial charge in [0.25, 0.3) is 5.56 Å². The molecule has 8 heteroatoms. The van der Waals surface area contributed by atoms with E-state index >= 15 is 0 Å². The summed E-state index contributed by atoms with van der Waals surface area (Å²) in [5.41, 5.74) is 0.244. The summed E-state index contributed by atoms with van der Waals surface area (Å²) in [5.74, 6) is 0.172. The topological polar surface area (TPSA) is 60.5 Å². The van der Waals surface area contributed by atoms with Gasteiger partial charge in [0.2, 0.25) is 0 Å². The summed E-state index contributed by atoms with van der Waals surface area (Å²) in [6.45, 7) is 1.22. The number of nitrogens with zero attached hydrogens (tertiary/aromatic N) is 2. The molecule has 0 amide bonds. The molecule has 0 saturated heterocycles. The van der Waals surface area contributed by atoms with Crippen molar-refractivity contribution in [1.29, 1.82) is 0 Å². The molecule has 122 valence electrons. The molecule has 1 aliphatic heterocycles. The molecule has 1 aromatic heterocycles. The van der Waals surface area contributed by atoms with Gasteiger partial charge in [0.15, 0.2) is 6.67 Å². The van der Waals surface area contributed by atoms with Crippen molar-refractivity contribution >= 4 is 17.4 Å². The van der Waals surface area contributed by atoms with Gasteiger partial charge in [0.05, 0.1) is 10.6 Å². The Morgan fingerprint density at radius 3 is 2.74 bits per heavy atom. The maximum Gasteiger partial charge on any atom is 0.332 e. The number of quaternary nitrogens is 1. The fraction of sp³-hybridized carbons (Fsp3) is 0.333. The van der Waals surface area contributed by atoms with Gasteiger partial charge in [-0.15, -0.1) is 0 Å². The van der Waals surface area contributed by atoms with E-state index < -0.39 is 0 Å². The number of halogens is 2. The van der Waals surface area contributed by atoms with Crippen molar-refractivity contribution < 1.29 is 9.29 Å². The van der Waals surface area contributed by atoms with Crippen LogP contribution in [0.15, 0.2) is 27.8 Å². The van der Waals surface area contributed by atoms with Crippen molar-refractivity contribution in [3.8, 4) is 0 Å². The zero-order valence-corrected chi connectivity index (χ0v) is 13.6. The second-order valence-corrected chi connectivity index (χ2v) is 6.10. The number of hydrogen-bond acceptors (Lipinski definition) is 3. The molecule has 6 nitrogen and oxygen atoms in total. The van der Waals surface area contributed by atoms with Gasteiger partial charge in [-0.25, -0.2) is 9.18 Å². The Labute approximate surface area is 136 Å². The summed E-state index contributed by atoms with van der Waals surface area (Å²) in [7, 11) is 3.07. The first kappa shape index (κ1) is 15.8. The third kappa shape index (κ3) is 2.66. The monoisotopic (exact) mass is 339 g/mol. The van der Waals surface area contributed by atoms with E-state index in [4.69, 9.17) is 11.6 Å². The highest BCUT2D eigenvalue weighted by molar-refractivity contribution is 6.31. The van der Waals surface area contributed by atoms with Crippen LogP contribution in [0.25, 0.3) is 0 Å². The molecule has 0 bridgehead atoms. The minimum absolute atomic E-state index is 0.326. The number of benzene rings is 1. The fourth-order valence-electron chi connectivity index (χ4n) is 2.90. The van der Waals surface area contributed by atoms with Gasteiger partial charge in [0.1, 0.15) is 30.3 Å². The van der Waals surface area contributed by atoms with E-state index in [-0.39, 0.29) is 17.1 Å². The van der Waals surface area contributed by atoms with Crippen LogP contribution < -0.4 is 21.5 Å². The number of nitrogens with one attached hydrogen (secondary N) is 2. The molecule has 1 aliphatic rings. The molecule has 1 aromatic carbocycles. The molecular formula is C15H17ClFN4O2+. The standard InChI is InChI=1S/C15H16ClFN4O2/c1-19-13-10(14(22)20(2)15(19)23)7-21(8-18-13)6-9-11(16)4-3-5-12(9)17/h3-5,18H,6-8H2,1-2H3/p+1. The summed E-state index contributed by atoms with van der Waals surface area (Å²) in [6.07, 6.45) is 0. The van der Waals surface area contributed by atoms with Gasteiger partial charge in [0, 0.05) is 14.1 Å². The summed E-state index contributed by atoms with van der Waals surface area (Å²) in [5, 5.41) is 3.47. The number of anilines is 1. The average Bonchev–Trinajstić information content (AvgIpc) is 2.54. The Morgan fingerprint density at radius 2 is 2.04 bits per heavy atom. The van der Waals surface area contributed by atoms with E-state index in [2.05, 4.69) is 5.32 Å². The van der Waals surface area contributed by atoms with E-state index in [9.17, 15) is 14.0 Å². The van der Waals surface area contributed by atoms with Crippen LogP contribution in [0.4, 0.5) is 10.2 Å². The van der Waals surface area contributed by atoms with Crippen LogP contribution in [-0.4, -0.2) is 15.8 Å². The highest BCUT2D eigenvalue weighted by atomic mass is 35.5. The molecule has 0 saturated carbocycles. The first-order valence-electron chi connectivity index (χ1n) is 7.19. The summed E-state index contributed by atoms with van der Waals surface area (Å²) in [4.78, 5) is 25.2. The number of fused-ring (bicyclic) bond motifs is 1. The third-order valence-corrected chi connectivity index (χ3v) is 4.53.